The molecule has 0 aliphatic rings. The lowest BCUT2D eigenvalue weighted by Gasteiger charge is -2.17. The molecule has 5 heteroatoms. The molecule has 1 heterocycles. The summed E-state index contributed by atoms with van der Waals surface area (Å²) in [4.78, 5) is 14.1. The number of carbonyl (C=O) groups is 1. The molecule has 0 bridgehead atoms. The lowest BCUT2D eigenvalue weighted by atomic mass is 9.92. The molecule has 0 saturated heterocycles. The van der Waals surface area contributed by atoms with Gasteiger partial charge in [-0.1, -0.05) is 39.0 Å². The fraction of sp³-hybridized carbons (Fsp3) is 0.474. The predicted octanol–water partition coefficient (Wildman–Crippen LogP) is 3.31. The van der Waals surface area contributed by atoms with Crippen LogP contribution in [-0.4, -0.2) is 35.2 Å². The minimum atomic E-state index is 0.00118. The number of hydrogen-bond acceptors (Lipinski definition) is 3. The van der Waals surface area contributed by atoms with Crippen LogP contribution in [0.15, 0.2) is 30.3 Å². The molecule has 2 aromatic rings. The Morgan fingerprint density at radius 1 is 1.29 bits per heavy atom. The molecule has 130 valence electrons. The Morgan fingerprint density at radius 3 is 2.62 bits per heavy atom. The predicted molar refractivity (Wildman–Crippen MR) is 95.1 cm³/mol. The number of hydrogen-bond donors (Lipinski definition) is 1. The highest BCUT2D eigenvalue weighted by Gasteiger charge is 2.18. The average Bonchev–Trinajstić information content (AvgIpc) is 3.01. The first-order chi connectivity index (χ1) is 11.3. The van der Waals surface area contributed by atoms with Crippen molar-refractivity contribution in [1.82, 2.24) is 15.1 Å². The number of rotatable bonds is 6. The van der Waals surface area contributed by atoms with Crippen LogP contribution in [-0.2, 0) is 23.2 Å². The number of aryl methyl sites for hydroxylation is 1. The SMILES string of the molecule is COc1ccccc1CCC(=O)N(C)Cc1cc(C(C)(C)C)n[nH]1. The van der Waals surface area contributed by atoms with E-state index >= 15 is 0 Å². The van der Waals surface area contributed by atoms with Gasteiger partial charge in [-0.05, 0) is 24.1 Å². The van der Waals surface area contributed by atoms with E-state index in [-0.39, 0.29) is 11.3 Å². The minimum absolute atomic E-state index is 0.00118. The molecule has 0 aliphatic heterocycles. The summed E-state index contributed by atoms with van der Waals surface area (Å²) in [7, 11) is 3.47. The first-order valence-corrected chi connectivity index (χ1v) is 8.22. The molecule has 1 amide bonds. The molecule has 0 aliphatic carbocycles. The van der Waals surface area contributed by atoms with E-state index in [2.05, 4.69) is 31.0 Å². The lowest BCUT2D eigenvalue weighted by Crippen LogP contribution is -2.26. The highest BCUT2D eigenvalue weighted by molar-refractivity contribution is 5.76. The Morgan fingerprint density at radius 2 is 2.00 bits per heavy atom. The molecule has 2 rings (SSSR count). The zero-order chi connectivity index (χ0) is 17.7. The Bertz CT molecular complexity index is 686. The van der Waals surface area contributed by atoms with Gasteiger partial charge in [-0.2, -0.15) is 5.10 Å². The molecule has 5 nitrogen and oxygen atoms in total. The van der Waals surface area contributed by atoms with Gasteiger partial charge in [-0.25, -0.2) is 0 Å². The van der Waals surface area contributed by atoms with Crippen molar-refractivity contribution in [1.29, 1.82) is 0 Å². The van der Waals surface area contributed by atoms with Crippen molar-refractivity contribution < 1.29 is 9.53 Å². The van der Waals surface area contributed by atoms with Gasteiger partial charge >= 0.3 is 0 Å². The molecule has 0 atom stereocenters. The van der Waals surface area contributed by atoms with E-state index in [9.17, 15) is 4.79 Å². The van der Waals surface area contributed by atoms with Crippen LogP contribution in [0.4, 0.5) is 0 Å². The van der Waals surface area contributed by atoms with Gasteiger partial charge in [0.05, 0.1) is 25.0 Å². The quantitative estimate of drug-likeness (QED) is 0.884. The van der Waals surface area contributed by atoms with Gasteiger partial charge in [0.1, 0.15) is 5.75 Å². The summed E-state index contributed by atoms with van der Waals surface area (Å²) in [6.07, 6.45) is 1.13. The third-order valence-corrected chi connectivity index (χ3v) is 4.03. The number of benzene rings is 1. The fourth-order valence-electron chi connectivity index (χ4n) is 2.51. The van der Waals surface area contributed by atoms with Crippen LogP contribution in [0.3, 0.4) is 0 Å². The summed E-state index contributed by atoms with van der Waals surface area (Å²) in [6, 6.07) is 9.84. The number of aromatic amines is 1. The van der Waals surface area contributed by atoms with Gasteiger partial charge in [0.15, 0.2) is 0 Å². The standard InChI is InChI=1S/C19H27N3O2/c1-19(2,3)17-12-15(20-21-17)13-22(4)18(23)11-10-14-8-6-7-9-16(14)24-5/h6-9,12H,10-11,13H2,1-5H3,(H,20,21). The van der Waals surface area contributed by atoms with Crippen LogP contribution >= 0.6 is 0 Å². The maximum absolute atomic E-state index is 12.4. The topological polar surface area (TPSA) is 58.2 Å². The van der Waals surface area contributed by atoms with Crippen LogP contribution in [0.5, 0.6) is 5.75 Å². The van der Waals surface area contributed by atoms with Crippen LogP contribution in [0.2, 0.25) is 0 Å². The number of ether oxygens (including phenoxy) is 1. The molecule has 0 radical (unpaired) electrons. The number of aromatic nitrogens is 2. The Kier molecular flexibility index (Phi) is 5.65. The summed E-state index contributed by atoms with van der Waals surface area (Å²) >= 11 is 0. The highest BCUT2D eigenvalue weighted by Crippen LogP contribution is 2.21. The van der Waals surface area contributed by atoms with Gasteiger partial charge < -0.3 is 9.64 Å². The smallest absolute Gasteiger partial charge is 0.222 e. The van der Waals surface area contributed by atoms with E-state index in [4.69, 9.17) is 4.74 Å². The van der Waals surface area contributed by atoms with Gasteiger partial charge in [-0.3, -0.25) is 9.89 Å². The van der Waals surface area contributed by atoms with E-state index in [0.29, 0.717) is 19.4 Å². The Labute approximate surface area is 144 Å². The number of nitrogens with one attached hydrogen (secondary N) is 1. The normalized spacial score (nSPS) is 11.4. The molecule has 0 spiro atoms. The summed E-state index contributed by atoms with van der Waals surface area (Å²) in [6.45, 7) is 6.90. The van der Waals surface area contributed by atoms with Gasteiger partial charge in [0.25, 0.3) is 0 Å². The van der Waals surface area contributed by atoms with Crippen molar-refractivity contribution in [2.75, 3.05) is 14.2 Å². The number of nitrogens with zero attached hydrogens (tertiary/aromatic N) is 2. The third kappa shape index (κ3) is 4.60. The molecule has 1 N–H and O–H groups in total. The molecule has 1 aromatic carbocycles. The first-order valence-electron chi connectivity index (χ1n) is 8.22. The average molecular weight is 329 g/mol. The molecule has 0 saturated carbocycles. The zero-order valence-corrected chi connectivity index (χ0v) is 15.2. The monoisotopic (exact) mass is 329 g/mol. The van der Waals surface area contributed by atoms with Crippen molar-refractivity contribution in [3.8, 4) is 5.75 Å². The van der Waals surface area contributed by atoms with Crippen molar-refractivity contribution in [2.45, 2.75) is 45.6 Å². The van der Waals surface area contributed by atoms with Crippen molar-refractivity contribution in [2.24, 2.45) is 0 Å². The molecule has 1 aromatic heterocycles. The summed E-state index contributed by atoms with van der Waals surface area (Å²) in [5, 5.41) is 7.36. The van der Waals surface area contributed by atoms with Crippen molar-refractivity contribution >= 4 is 5.91 Å². The Balaban J connectivity index is 1.91. The maximum atomic E-state index is 12.4. The molecule has 24 heavy (non-hydrogen) atoms. The number of methoxy groups -OCH3 is 1. The van der Waals surface area contributed by atoms with Gasteiger partial charge in [0, 0.05) is 18.9 Å². The van der Waals surface area contributed by atoms with Crippen LogP contribution in [0, 0.1) is 0 Å². The fourth-order valence-corrected chi connectivity index (χ4v) is 2.51. The molecule has 0 fully saturated rings. The second-order valence-corrected chi connectivity index (χ2v) is 7.09. The lowest BCUT2D eigenvalue weighted by molar-refractivity contribution is -0.130. The van der Waals surface area contributed by atoms with Crippen LogP contribution in [0.25, 0.3) is 0 Å². The van der Waals surface area contributed by atoms with E-state index in [1.807, 2.05) is 37.4 Å². The van der Waals surface area contributed by atoms with E-state index < -0.39 is 0 Å². The van der Waals surface area contributed by atoms with Gasteiger partial charge in [0.2, 0.25) is 5.91 Å². The first kappa shape index (κ1) is 18.0. The number of para-hydroxylation sites is 1. The second kappa shape index (κ2) is 7.51. The summed E-state index contributed by atoms with van der Waals surface area (Å²) in [5.74, 6) is 0.934. The number of H-pyrrole nitrogens is 1. The molecule has 0 unspecified atom stereocenters. The number of carbonyl (C=O) groups excluding carboxylic acids is 1. The zero-order valence-electron chi connectivity index (χ0n) is 15.2. The highest BCUT2D eigenvalue weighted by atomic mass is 16.5. The third-order valence-electron chi connectivity index (χ3n) is 4.03. The van der Waals surface area contributed by atoms with Crippen LogP contribution in [0.1, 0.15) is 44.1 Å². The molecular formula is C19H27N3O2. The van der Waals surface area contributed by atoms with Crippen molar-refractivity contribution in [3.05, 3.63) is 47.3 Å². The Hall–Kier alpha value is -2.30. The van der Waals surface area contributed by atoms with E-state index in [0.717, 1.165) is 22.7 Å². The molecular weight excluding hydrogens is 302 g/mol. The minimum Gasteiger partial charge on any atom is -0.496 e. The van der Waals surface area contributed by atoms with Crippen molar-refractivity contribution in [3.63, 3.8) is 0 Å². The van der Waals surface area contributed by atoms with Crippen LogP contribution < -0.4 is 4.74 Å². The van der Waals surface area contributed by atoms with E-state index in [1.54, 1.807) is 12.0 Å². The largest absolute Gasteiger partial charge is 0.496 e. The summed E-state index contributed by atoms with van der Waals surface area (Å²) in [5.41, 5.74) is 3.01. The number of amides is 1. The maximum Gasteiger partial charge on any atom is 0.222 e. The second-order valence-electron chi connectivity index (χ2n) is 7.09. The summed E-state index contributed by atoms with van der Waals surface area (Å²) < 4.78 is 5.33. The van der Waals surface area contributed by atoms with Gasteiger partial charge in [-0.15, -0.1) is 0 Å². The van der Waals surface area contributed by atoms with E-state index in [1.165, 1.54) is 0 Å².